The highest BCUT2D eigenvalue weighted by Crippen LogP contribution is 2.33. The van der Waals surface area contributed by atoms with Gasteiger partial charge < -0.3 is 20.0 Å². The molecule has 6 nitrogen and oxygen atoms in total. The summed E-state index contributed by atoms with van der Waals surface area (Å²) in [7, 11) is 0. The van der Waals surface area contributed by atoms with Crippen molar-refractivity contribution in [2.75, 3.05) is 18.0 Å². The van der Waals surface area contributed by atoms with Gasteiger partial charge in [0, 0.05) is 36.8 Å². The van der Waals surface area contributed by atoms with Crippen LogP contribution in [0.15, 0.2) is 42.5 Å². The Morgan fingerprint density at radius 2 is 1.70 bits per heavy atom. The topological polar surface area (TPSA) is 81.1 Å². The predicted molar refractivity (Wildman–Crippen MR) is 101 cm³/mol. The van der Waals surface area contributed by atoms with Crippen LogP contribution in [0.2, 0.25) is 0 Å². The molecule has 2 aliphatic heterocycles. The molecule has 0 spiro atoms. The monoisotopic (exact) mass is 366 g/mol. The molecular formula is C21H22N2O4. The Morgan fingerprint density at radius 3 is 2.44 bits per heavy atom. The number of phenolic OH excluding ortho intramolecular Hbond substituents is 2. The van der Waals surface area contributed by atoms with Crippen molar-refractivity contribution in [1.82, 2.24) is 4.90 Å². The first-order valence-electron chi connectivity index (χ1n) is 9.26. The minimum atomic E-state index is -0.300. The smallest absolute Gasteiger partial charge is 0.253 e. The maximum Gasteiger partial charge on any atom is 0.253 e. The Hall–Kier alpha value is -3.02. The van der Waals surface area contributed by atoms with E-state index in [1.165, 1.54) is 23.8 Å². The maximum atomic E-state index is 12.7. The number of aryl methyl sites for hydroxylation is 1. The Morgan fingerprint density at radius 1 is 0.963 bits per heavy atom. The first-order valence-corrected chi connectivity index (χ1v) is 9.26. The number of aromatic hydroxyl groups is 2. The van der Waals surface area contributed by atoms with Gasteiger partial charge in [-0.15, -0.1) is 0 Å². The molecule has 1 fully saturated rings. The highest BCUT2D eigenvalue weighted by Gasteiger charge is 2.33. The molecule has 0 atom stereocenters. The lowest BCUT2D eigenvalue weighted by molar-refractivity contribution is -0.119. The fourth-order valence-electron chi connectivity index (χ4n) is 4.02. The van der Waals surface area contributed by atoms with E-state index in [2.05, 4.69) is 6.07 Å². The molecule has 2 N–H and O–H groups in total. The predicted octanol–water partition coefficient (Wildman–Crippen LogP) is 2.68. The van der Waals surface area contributed by atoms with Crippen LogP contribution in [0.5, 0.6) is 11.5 Å². The van der Waals surface area contributed by atoms with Gasteiger partial charge in [0.2, 0.25) is 5.91 Å². The van der Waals surface area contributed by atoms with Crippen molar-refractivity contribution in [2.45, 2.75) is 31.7 Å². The minimum absolute atomic E-state index is 0.0937. The third-order valence-corrected chi connectivity index (χ3v) is 5.47. The summed E-state index contributed by atoms with van der Waals surface area (Å²) in [6, 6.07) is 12.2. The zero-order valence-corrected chi connectivity index (χ0v) is 15.0. The van der Waals surface area contributed by atoms with E-state index in [4.69, 9.17) is 0 Å². The Kier molecular flexibility index (Phi) is 4.48. The highest BCUT2D eigenvalue weighted by atomic mass is 16.3. The van der Waals surface area contributed by atoms with Crippen molar-refractivity contribution in [3.63, 3.8) is 0 Å². The first kappa shape index (κ1) is 17.4. The summed E-state index contributed by atoms with van der Waals surface area (Å²) in [5.74, 6) is -0.560. The van der Waals surface area contributed by atoms with Gasteiger partial charge >= 0.3 is 0 Å². The van der Waals surface area contributed by atoms with Gasteiger partial charge in [-0.2, -0.15) is 0 Å². The number of rotatable bonds is 2. The number of hydrogen-bond donors (Lipinski definition) is 2. The van der Waals surface area contributed by atoms with Crippen molar-refractivity contribution < 1.29 is 19.8 Å². The third kappa shape index (κ3) is 3.23. The molecule has 0 unspecified atom stereocenters. The van der Waals surface area contributed by atoms with Crippen molar-refractivity contribution in [3.05, 3.63) is 53.6 Å². The minimum Gasteiger partial charge on any atom is -0.504 e. The van der Waals surface area contributed by atoms with Crippen LogP contribution in [-0.2, 0) is 11.2 Å². The van der Waals surface area contributed by atoms with Gasteiger partial charge in [0.05, 0.1) is 0 Å². The number of amides is 2. The van der Waals surface area contributed by atoms with E-state index in [1.807, 2.05) is 23.1 Å². The summed E-state index contributed by atoms with van der Waals surface area (Å²) in [5, 5.41) is 19.0. The summed E-state index contributed by atoms with van der Waals surface area (Å²) in [6.45, 7) is 1.11. The number of phenols is 2. The first-order chi connectivity index (χ1) is 13.0. The van der Waals surface area contributed by atoms with E-state index in [9.17, 15) is 19.8 Å². The Bertz CT molecular complexity index is 888. The second-order valence-corrected chi connectivity index (χ2v) is 7.12. The summed E-state index contributed by atoms with van der Waals surface area (Å²) >= 11 is 0. The summed E-state index contributed by atoms with van der Waals surface area (Å²) in [4.78, 5) is 28.9. The van der Waals surface area contributed by atoms with Gasteiger partial charge in [-0.25, -0.2) is 0 Å². The molecule has 140 valence electrons. The maximum absolute atomic E-state index is 12.7. The van der Waals surface area contributed by atoms with Gasteiger partial charge in [-0.05, 0) is 49.1 Å². The van der Waals surface area contributed by atoms with E-state index >= 15 is 0 Å². The molecule has 1 saturated heterocycles. The molecule has 27 heavy (non-hydrogen) atoms. The molecule has 4 rings (SSSR count). The van der Waals surface area contributed by atoms with Gasteiger partial charge in [0.25, 0.3) is 5.91 Å². The fourth-order valence-corrected chi connectivity index (χ4v) is 4.02. The number of benzene rings is 2. The molecule has 6 heteroatoms. The zero-order valence-electron chi connectivity index (χ0n) is 15.0. The second-order valence-electron chi connectivity index (χ2n) is 7.12. The number of likely N-dealkylation sites (tertiary alicyclic amines) is 1. The molecule has 0 saturated carbocycles. The number of para-hydroxylation sites is 1. The van der Waals surface area contributed by atoms with Crippen molar-refractivity contribution >= 4 is 17.5 Å². The molecule has 2 amide bonds. The fraction of sp³-hybridized carbons (Fsp3) is 0.333. The summed E-state index contributed by atoms with van der Waals surface area (Å²) in [6.07, 6.45) is 2.75. The molecule has 2 heterocycles. The number of piperidine rings is 1. The van der Waals surface area contributed by atoms with Gasteiger partial charge in [0.15, 0.2) is 11.5 Å². The zero-order chi connectivity index (χ0) is 19.0. The average Bonchev–Trinajstić information content (AvgIpc) is 2.70. The Labute approximate surface area is 157 Å². The van der Waals surface area contributed by atoms with Crippen LogP contribution in [0.4, 0.5) is 5.69 Å². The molecule has 2 aromatic carbocycles. The lowest BCUT2D eigenvalue weighted by atomic mass is 9.95. The largest absolute Gasteiger partial charge is 0.504 e. The molecule has 2 aliphatic rings. The van der Waals surface area contributed by atoms with E-state index in [0.717, 1.165) is 24.9 Å². The van der Waals surface area contributed by atoms with E-state index < -0.39 is 0 Å². The number of hydrogen-bond acceptors (Lipinski definition) is 4. The normalized spacial score (nSPS) is 17.7. The van der Waals surface area contributed by atoms with Gasteiger partial charge in [0.1, 0.15) is 0 Å². The number of anilines is 1. The van der Waals surface area contributed by atoms with Crippen molar-refractivity contribution in [1.29, 1.82) is 0 Å². The van der Waals surface area contributed by atoms with Gasteiger partial charge in [-0.1, -0.05) is 18.2 Å². The van der Waals surface area contributed by atoms with Gasteiger partial charge in [-0.3, -0.25) is 9.59 Å². The van der Waals surface area contributed by atoms with Crippen LogP contribution in [0.1, 0.15) is 35.2 Å². The SMILES string of the molecule is O=C(c1ccc(O)c(O)c1)N1CCC(N2C(=O)CCc3ccccc32)CC1. The molecule has 0 aromatic heterocycles. The van der Waals surface area contributed by atoms with Crippen LogP contribution in [-0.4, -0.2) is 46.1 Å². The van der Waals surface area contributed by atoms with Crippen LogP contribution >= 0.6 is 0 Å². The molecule has 0 bridgehead atoms. The quantitative estimate of drug-likeness (QED) is 0.801. The number of nitrogens with zero attached hydrogens (tertiary/aromatic N) is 2. The van der Waals surface area contributed by atoms with Crippen LogP contribution in [0.25, 0.3) is 0 Å². The van der Waals surface area contributed by atoms with Crippen LogP contribution < -0.4 is 4.90 Å². The van der Waals surface area contributed by atoms with E-state index in [0.29, 0.717) is 25.1 Å². The number of fused-ring (bicyclic) bond motifs is 1. The summed E-state index contributed by atoms with van der Waals surface area (Å²) < 4.78 is 0. The number of carbonyl (C=O) groups excluding carboxylic acids is 2. The average molecular weight is 366 g/mol. The molecular weight excluding hydrogens is 344 g/mol. The third-order valence-electron chi connectivity index (χ3n) is 5.47. The van der Waals surface area contributed by atoms with Crippen LogP contribution in [0, 0.1) is 0 Å². The lowest BCUT2D eigenvalue weighted by Crippen LogP contribution is -2.50. The standard InChI is InChI=1S/C21H22N2O4/c24-18-7-5-15(13-19(18)25)21(27)22-11-9-16(10-12-22)23-17-4-2-1-3-14(17)6-8-20(23)26/h1-5,7,13,16,24-25H,6,8-12H2. The Balaban J connectivity index is 1.47. The van der Waals surface area contributed by atoms with Crippen molar-refractivity contribution in [3.8, 4) is 11.5 Å². The molecule has 2 aromatic rings. The molecule has 0 aliphatic carbocycles. The van der Waals surface area contributed by atoms with Crippen molar-refractivity contribution in [2.24, 2.45) is 0 Å². The summed E-state index contributed by atoms with van der Waals surface area (Å²) in [5.41, 5.74) is 2.56. The van der Waals surface area contributed by atoms with Crippen LogP contribution in [0.3, 0.4) is 0 Å². The van der Waals surface area contributed by atoms with E-state index in [1.54, 1.807) is 4.90 Å². The van der Waals surface area contributed by atoms with E-state index in [-0.39, 0.29) is 29.4 Å². The number of carbonyl (C=O) groups is 2. The molecule has 0 radical (unpaired) electrons. The highest BCUT2D eigenvalue weighted by molar-refractivity contribution is 5.97. The second kappa shape index (κ2) is 6.95. The lowest BCUT2D eigenvalue weighted by Gasteiger charge is -2.41.